The molecule has 1 heterocycles. The van der Waals surface area contributed by atoms with E-state index < -0.39 is 5.91 Å². The Hall–Kier alpha value is -2.11. The number of benzene rings is 1. The lowest BCUT2D eigenvalue weighted by atomic mass is 9.88. The van der Waals surface area contributed by atoms with Crippen LogP contribution in [0.3, 0.4) is 0 Å². The van der Waals surface area contributed by atoms with E-state index in [1.165, 1.54) is 17.4 Å². The van der Waals surface area contributed by atoms with Crippen LogP contribution in [0.2, 0.25) is 5.02 Å². The second-order valence-electron chi connectivity index (χ2n) is 6.26. The van der Waals surface area contributed by atoms with Crippen LogP contribution in [0.1, 0.15) is 39.7 Å². The molecule has 6 heteroatoms. The Balaban J connectivity index is 1.82. The van der Waals surface area contributed by atoms with Crippen LogP contribution in [0.25, 0.3) is 6.08 Å². The zero-order valence-corrected chi connectivity index (χ0v) is 15.4. The number of thiophene rings is 1. The van der Waals surface area contributed by atoms with Crippen LogP contribution in [0.5, 0.6) is 0 Å². The van der Waals surface area contributed by atoms with Gasteiger partial charge in [0.15, 0.2) is 0 Å². The molecule has 0 bridgehead atoms. The Morgan fingerprint density at radius 2 is 2.12 bits per heavy atom. The van der Waals surface area contributed by atoms with E-state index in [9.17, 15) is 9.59 Å². The van der Waals surface area contributed by atoms with Gasteiger partial charge in [-0.1, -0.05) is 36.7 Å². The monoisotopic (exact) mass is 374 g/mol. The molecule has 0 radical (unpaired) electrons. The van der Waals surface area contributed by atoms with Crippen molar-refractivity contribution >= 4 is 45.8 Å². The summed E-state index contributed by atoms with van der Waals surface area (Å²) in [6, 6.07) is 7.27. The van der Waals surface area contributed by atoms with Gasteiger partial charge in [0.1, 0.15) is 5.00 Å². The summed E-state index contributed by atoms with van der Waals surface area (Å²) < 4.78 is 0. The Bertz CT molecular complexity index is 857. The molecule has 1 aliphatic rings. The topological polar surface area (TPSA) is 72.2 Å². The number of rotatable bonds is 4. The summed E-state index contributed by atoms with van der Waals surface area (Å²) in [5.74, 6) is -0.220. The van der Waals surface area contributed by atoms with Crippen LogP contribution in [-0.4, -0.2) is 11.8 Å². The molecule has 1 atom stereocenters. The molecule has 1 aliphatic carbocycles. The van der Waals surface area contributed by atoms with Crippen molar-refractivity contribution in [3.63, 3.8) is 0 Å². The normalized spacial score (nSPS) is 16.6. The van der Waals surface area contributed by atoms with Gasteiger partial charge in [0, 0.05) is 16.0 Å². The van der Waals surface area contributed by atoms with Crippen molar-refractivity contribution in [2.75, 3.05) is 5.32 Å². The quantitative estimate of drug-likeness (QED) is 0.784. The Kier molecular flexibility index (Phi) is 5.25. The number of amides is 2. The zero-order valence-electron chi connectivity index (χ0n) is 13.8. The predicted octanol–water partition coefficient (Wildman–Crippen LogP) is 4.28. The summed E-state index contributed by atoms with van der Waals surface area (Å²) in [5.41, 5.74) is 7.78. The molecule has 25 heavy (non-hydrogen) atoms. The summed E-state index contributed by atoms with van der Waals surface area (Å²) >= 11 is 7.53. The van der Waals surface area contributed by atoms with E-state index in [0.717, 1.165) is 35.3 Å². The summed E-state index contributed by atoms with van der Waals surface area (Å²) in [6.45, 7) is 2.19. The van der Waals surface area contributed by atoms with Gasteiger partial charge < -0.3 is 11.1 Å². The number of halogens is 1. The number of hydrogen-bond donors (Lipinski definition) is 2. The fourth-order valence-electron chi connectivity index (χ4n) is 3.03. The lowest BCUT2D eigenvalue weighted by Gasteiger charge is -2.18. The van der Waals surface area contributed by atoms with Gasteiger partial charge in [0.25, 0.3) is 5.91 Å². The first-order valence-corrected chi connectivity index (χ1v) is 9.33. The highest BCUT2D eigenvalue weighted by atomic mass is 35.5. The molecule has 130 valence electrons. The van der Waals surface area contributed by atoms with Crippen molar-refractivity contribution in [3.8, 4) is 0 Å². The summed E-state index contributed by atoms with van der Waals surface area (Å²) in [4.78, 5) is 25.3. The van der Waals surface area contributed by atoms with Crippen molar-refractivity contribution in [3.05, 3.63) is 56.9 Å². The highest BCUT2D eigenvalue weighted by Gasteiger charge is 2.26. The molecule has 3 rings (SSSR count). The van der Waals surface area contributed by atoms with Gasteiger partial charge >= 0.3 is 0 Å². The largest absolute Gasteiger partial charge is 0.365 e. The summed E-state index contributed by atoms with van der Waals surface area (Å²) in [7, 11) is 0. The van der Waals surface area contributed by atoms with Crippen LogP contribution < -0.4 is 11.1 Å². The summed E-state index contributed by atoms with van der Waals surface area (Å²) in [5, 5.41) is 3.92. The number of carbonyl (C=O) groups excluding carboxylic acids is 2. The summed E-state index contributed by atoms with van der Waals surface area (Å²) in [6.07, 6.45) is 5.84. The number of anilines is 1. The lowest BCUT2D eigenvalue weighted by Crippen LogP contribution is -2.18. The van der Waals surface area contributed by atoms with E-state index in [1.807, 2.05) is 18.2 Å². The van der Waals surface area contributed by atoms with Crippen LogP contribution in [0.4, 0.5) is 5.00 Å². The second-order valence-corrected chi connectivity index (χ2v) is 7.78. The van der Waals surface area contributed by atoms with Crippen LogP contribution in [-0.2, 0) is 17.6 Å². The SMILES string of the molecule is C[C@@H]1CCc2c(sc(NC(=O)/C=C/c3ccccc3Cl)c2C(N)=O)C1. The fourth-order valence-corrected chi connectivity index (χ4v) is 4.65. The average molecular weight is 375 g/mol. The van der Waals surface area contributed by atoms with Crippen molar-refractivity contribution < 1.29 is 9.59 Å². The molecule has 0 unspecified atom stereocenters. The highest BCUT2D eigenvalue weighted by molar-refractivity contribution is 7.17. The van der Waals surface area contributed by atoms with Crippen molar-refractivity contribution in [1.82, 2.24) is 0 Å². The van der Waals surface area contributed by atoms with Crippen molar-refractivity contribution in [2.24, 2.45) is 11.7 Å². The number of nitrogens with one attached hydrogen (secondary N) is 1. The maximum absolute atomic E-state index is 12.3. The van der Waals surface area contributed by atoms with E-state index >= 15 is 0 Å². The van der Waals surface area contributed by atoms with E-state index in [2.05, 4.69) is 12.2 Å². The number of fused-ring (bicyclic) bond motifs is 1. The molecule has 0 spiro atoms. The third-order valence-electron chi connectivity index (χ3n) is 4.31. The van der Waals surface area contributed by atoms with Gasteiger partial charge in [-0.25, -0.2) is 0 Å². The van der Waals surface area contributed by atoms with Gasteiger partial charge in [0.2, 0.25) is 5.91 Å². The Labute approximate surface area is 155 Å². The third kappa shape index (κ3) is 3.94. The van der Waals surface area contributed by atoms with E-state index in [-0.39, 0.29) is 5.91 Å². The molecule has 3 N–H and O–H groups in total. The van der Waals surface area contributed by atoms with Gasteiger partial charge in [0.05, 0.1) is 5.56 Å². The minimum Gasteiger partial charge on any atom is -0.365 e. The molecular formula is C19H19ClN2O2S. The van der Waals surface area contributed by atoms with E-state index in [0.29, 0.717) is 21.5 Å². The zero-order chi connectivity index (χ0) is 18.0. The molecular weight excluding hydrogens is 356 g/mol. The number of hydrogen-bond acceptors (Lipinski definition) is 3. The minimum atomic E-state index is -0.488. The number of nitrogens with two attached hydrogens (primary N) is 1. The van der Waals surface area contributed by atoms with Gasteiger partial charge in [-0.15, -0.1) is 11.3 Å². The van der Waals surface area contributed by atoms with Crippen molar-refractivity contribution in [2.45, 2.75) is 26.2 Å². The number of carbonyl (C=O) groups is 2. The van der Waals surface area contributed by atoms with Crippen molar-refractivity contribution in [1.29, 1.82) is 0 Å². The average Bonchev–Trinajstić information content (AvgIpc) is 2.91. The third-order valence-corrected chi connectivity index (χ3v) is 5.83. The van der Waals surface area contributed by atoms with E-state index in [1.54, 1.807) is 12.1 Å². The maximum atomic E-state index is 12.3. The Morgan fingerprint density at radius 3 is 2.84 bits per heavy atom. The van der Waals surface area contributed by atoms with Crippen LogP contribution >= 0.6 is 22.9 Å². The minimum absolute atomic E-state index is 0.311. The first-order chi connectivity index (χ1) is 12.0. The molecule has 0 aliphatic heterocycles. The number of primary amides is 1. The predicted molar refractivity (Wildman–Crippen MR) is 103 cm³/mol. The van der Waals surface area contributed by atoms with E-state index in [4.69, 9.17) is 17.3 Å². The fraction of sp³-hybridized carbons (Fsp3) is 0.263. The van der Waals surface area contributed by atoms with Gasteiger partial charge in [-0.2, -0.15) is 0 Å². The molecule has 4 nitrogen and oxygen atoms in total. The first kappa shape index (κ1) is 17.7. The Morgan fingerprint density at radius 1 is 1.36 bits per heavy atom. The molecule has 0 saturated carbocycles. The molecule has 1 aromatic heterocycles. The molecule has 0 fully saturated rings. The molecule has 1 aromatic carbocycles. The smallest absolute Gasteiger partial charge is 0.251 e. The first-order valence-electron chi connectivity index (χ1n) is 8.13. The van der Waals surface area contributed by atoms with Gasteiger partial charge in [-0.3, -0.25) is 9.59 Å². The highest BCUT2D eigenvalue weighted by Crippen LogP contribution is 2.39. The van der Waals surface area contributed by atoms with Crippen LogP contribution in [0.15, 0.2) is 30.3 Å². The lowest BCUT2D eigenvalue weighted by molar-refractivity contribution is -0.111. The van der Waals surface area contributed by atoms with Crippen LogP contribution in [0, 0.1) is 5.92 Å². The molecule has 2 amide bonds. The molecule has 0 saturated heterocycles. The molecule has 2 aromatic rings. The second kappa shape index (κ2) is 7.42. The van der Waals surface area contributed by atoms with Gasteiger partial charge in [-0.05, 0) is 48.4 Å². The standard InChI is InChI=1S/C19H19ClN2O2S/c1-11-6-8-13-15(10-11)25-19(17(13)18(21)24)22-16(23)9-7-12-4-2-3-5-14(12)20/h2-5,7,9,11H,6,8,10H2,1H3,(H2,21,24)(H,22,23)/b9-7+/t11-/m1/s1. The maximum Gasteiger partial charge on any atom is 0.251 e.